The highest BCUT2D eigenvalue weighted by atomic mass is 16.5. The molecule has 1 rings (SSSR count). The van der Waals surface area contributed by atoms with E-state index in [4.69, 9.17) is 9.47 Å². The fourth-order valence-electron chi connectivity index (χ4n) is 1.61. The van der Waals surface area contributed by atoms with Crippen LogP contribution < -0.4 is 0 Å². The molecule has 0 fully saturated rings. The molecule has 0 bridgehead atoms. The first-order valence-corrected chi connectivity index (χ1v) is 7.10. The zero-order valence-corrected chi connectivity index (χ0v) is 13.0. The number of allylic oxidation sites excluding steroid dienone is 1. The van der Waals surface area contributed by atoms with Gasteiger partial charge < -0.3 is 9.47 Å². The highest BCUT2D eigenvalue weighted by molar-refractivity contribution is 6.04. The number of carbonyl (C=O) groups excluding carboxylic acids is 3. The van der Waals surface area contributed by atoms with E-state index in [1.165, 1.54) is 6.08 Å². The molecule has 0 radical (unpaired) electrons. The van der Waals surface area contributed by atoms with Crippen LogP contribution in [0.3, 0.4) is 0 Å². The number of rotatable bonds is 7. The van der Waals surface area contributed by atoms with Crippen LogP contribution in [0.15, 0.2) is 30.3 Å². The lowest BCUT2D eigenvalue weighted by Crippen LogP contribution is -2.11. The largest absolute Gasteiger partial charge is 0.466 e. The van der Waals surface area contributed by atoms with Crippen molar-refractivity contribution in [1.82, 2.24) is 0 Å². The molecule has 0 amide bonds. The highest BCUT2D eigenvalue weighted by Crippen LogP contribution is 2.09. The number of ketones is 1. The quantitative estimate of drug-likeness (QED) is 0.440. The minimum Gasteiger partial charge on any atom is -0.466 e. The second-order valence-electron chi connectivity index (χ2n) is 4.86. The summed E-state index contributed by atoms with van der Waals surface area (Å²) in [5.74, 6) is -1.26. The van der Waals surface area contributed by atoms with Gasteiger partial charge in [0, 0.05) is 0 Å². The molecule has 0 saturated carbocycles. The third-order valence-electron chi connectivity index (χ3n) is 2.57. The van der Waals surface area contributed by atoms with Crippen molar-refractivity contribution in [3.63, 3.8) is 0 Å². The predicted molar refractivity (Wildman–Crippen MR) is 82.3 cm³/mol. The standard InChI is InChI=1S/C17H20O5/c1-4-21-16(19)11-15(18)10-7-13-5-8-14(9-6-13)17(20)22-12(2)3/h5-10,12H,4,11H2,1-3H3. The summed E-state index contributed by atoms with van der Waals surface area (Å²) in [6, 6.07) is 6.65. The number of hydrogen-bond acceptors (Lipinski definition) is 5. The fourth-order valence-corrected chi connectivity index (χ4v) is 1.61. The second-order valence-corrected chi connectivity index (χ2v) is 4.86. The SMILES string of the molecule is CCOC(=O)CC(=O)C=Cc1ccc(C(=O)OC(C)C)cc1. The Morgan fingerprint density at radius 1 is 1.14 bits per heavy atom. The summed E-state index contributed by atoms with van der Waals surface area (Å²) in [6.07, 6.45) is 2.45. The molecule has 0 saturated heterocycles. The molecule has 0 spiro atoms. The van der Waals surface area contributed by atoms with Crippen LogP contribution in [0.5, 0.6) is 0 Å². The fraction of sp³-hybridized carbons (Fsp3) is 0.353. The van der Waals surface area contributed by atoms with Crippen molar-refractivity contribution in [3.8, 4) is 0 Å². The molecule has 0 heterocycles. The van der Waals surface area contributed by atoms with Gasteiger partial charge >= 0.3 is 11.9 Å². The van der Waals surface area contributed by atoms with Crippen LogP contribution in [0, 0.1) is 0 Å². The summed E-state index contributed by atoms with van der Waals surface area (Å²) in [5.41, 5.74) is 1.20. The van der Waals surface area contributed by atoms with Gasteiger partial charge in [-0.15, -0.1) is 0 Å². The number of esters is 2. The van der Waals surface area contributed by atoms with E-state index in [2.05, 4.69) is 0 Å². The van der Waals surface area contributed by atoms with Crippen LogP contribution in [0.25, 0.3) is 6.08 Å². The summed E-state index contributed by atoms with van der Waals surface area (Å²) in [6.45, 7) is 5.50. The van der Waals surface area contributed by atoms with Crippen LogP contribution >= 0.6 is 0 Å². The molecule has 118 valence electrons. The Labute approximate surface area is 129 Å². The van der Waals surface area contributed by atoms with E-state index >= 15 is 0 Å². The second kappa shape index (κ2) is 8.77. The number of carbonyl (C=O) groups is 3. The molecule has 0 aromatic heterocycles. The first-order valence-electron chi connectivity index (χ1n) is 7.10. The molecule has 0 aliphatic carbocycles. The van der Waals surface area contributed by atoms with Gasteiger partial charge in [0.05, 0.1) is 18.3 Å². The van der Waals surface area contributed by atoms with Gasteiger partial charge in [-0.1, -0.05) is 18.2 Å². The molecule has 0 aliphatic rings. The van der Waals surface area contributed by atoms with Crippen LogP contribution in [0.4, 0.5) is 0 Å². The number of benzene rings is 1. The van der Waals surface area contributed by atoms with Gasteiger partial charge in [0.2, 0.25) is 0 Å². The summed E-state index contributed by atoms with van der Waals surface area (Å²) < 4.78 is 9.77. The lowest BCUT2D eigenvalue weighted by atomic mass is 10.1. The molecule has 1 aromatic carbocycles. The Kier molecular flexibility index (Phi) is 7.02. The lowest BCUT2D eigenvalue weighted by molar-refractivity contribution is -0.144. The Morgan fingerprint density at radius 3 is 2.32 bits per heavy atom. The van der Waals surface area contributed by atoms with Gasteiger partial charge in [0.1, 0.15) is 6.42 Å². The topological polar surface area (TPSA) is 69.7 Å². The lowest BCUT2D eigenvalue weighted by Gasteiger charge is -2.07. The zero-order chi connectivity index (χ0) is 16.5. The van der Waals surface area contributed by atoms with E-state index in [9.17, 15) is 14.4 Å². The summed E-state index contributed by atoms with van der Waals surface area (Å²) >= 11 is 0. The molecule has 1 aromatic rings. The Balaban J connectivity index is 2.60. The Morgan fingerprint density at radius 2 is 1.77 bits per heavy atom. The van der Waals surface area contributed by atoms with Gasteiger partial charge in [0.25, 0.3) is 0 Å². The summed E-state index contributed by atoms with van der Waals surface area (Å²) in [4.78, 5) is 34.3. The average molecular weight is 304 g/mol. The third kappa shape index (κ3) is 6.35. The summed E-state index contributed by atoms with van der Waals surface area (Å²) in [5, 5.41) is 0. The first kappa shape index (κ1) is 17.6. The van der Waals surface area contributed by atoms with Crippen molar-refractivity contribution in [3.05, 3.63) is 41.5 Å². The van der Waals surface area contributed by atoms with E-state index in [1.54, 1.807) is 51.1 Å². The third-order valence-corrected chi connectivity index (χ3v) is 2.57. The maximum atomic E-state index is 11.7. The Bertz CT molecular complexity index is 555. The van der Waals surface area contributed by atoms with E-state index in [-0.39, 0.29) is 30.9 Å². The maximum Gasteiger partial charge on any atom is 0.338 e. The van der Waals surface area contributed by atoms with Gasteiger partial charge in [-0.3, -0.25) is 9.59 Å². The molecule has 0 atom stereocenters. The van der Waals surface area contributed by atoms with Crippen molar-refractivity contribution in [2.45, 2.75) is 33.3 Å². The van der Waals surface area contributed by atoms with Crippen LogP contribution in [-0.4, -0.2) is 30.4 Å². The molecule has 5 heteroatoms. The van der Waals surface area contributed by atoms with Gasteiger partial charge in [-0.25, -0.2) is 4.79 Å². The minimum atomic E-state index is -0.538. The molecule has 22 heavy (non-hydrogen) atoms. The smallest absolute Gasteiger partial charge is 0.338 e. The van der Waals surface area contributed by atoms with E-state index in [1.807, 2.05) is 0 Å². The molecule has 0 aliphatic heterocycles. The number of ether oxygens (including phenoxy) is 2. The molecular weight excluding hydrogens is 284 g/mol. The highest BCUT2D eigenvalue weighted by Gasteiger charge is 2.09. The molecule has 0 N–H and O–H groups in total. The van der Waals surface area contributed by atoms with Crippen molar-refractivity contribution in [2.24, 2.45) is 0 Å². The van der Waals surface area contributed by atoms with Crippen molar-refractivity contribution < 1.29 is 23.9 Å². The van der Waals surface area contributed by atoms with Crippen molar-refractivity contribution >= 4 is 23.8 Å². The molecule has 0 unspecified atom stereocenters. The maximum absolute atomic E-state index is 11.7. The molecular formula is C17H20O5. The van der Waals surface area contributed by atoms with Crippen LogP contribution in [0.2, 0.25) is 0 Å². The monoisotopic (exact) mass is 304 g/mol. The van der Waals surface area contributed by atoms with Crippen molar-refractivity contribution in [1.29, 1.82) is 0 Å². The molecule has 5 nitrogen and oxygen atoms in total. The van der Waals surface area contributed by atoms with Gasteiger partial charge in [0.15, 0.2) is 5.78 Å². The zero-order valence-electron chi connectivity index (χ0n) is 13.0. The Hall–Kier alpha value is -2.43. The number of hydrogen-bond donors (Lipinski definition) is 0. The van der Waals surface area contributed by atoms with Gasteiger partial charge in [-0.2, -0.15) is 0 Å². The predicted octanol–water partition coefficient (Wildman–Crippen LogP) is 2.79. The summed E-state index contributed by atoms with van der Waals surface area (Å²) in [7, 11) is 0. The average Bonchev–Trinajstić information content (AvgIpc) is 2.45. The van der Waals surface area contributed by atoms with E-state index < -0.39 is 5.97 Å². The van der Waals surface area contributed by atoms with Crippen molar-refractivity contribution in [2.75, 3.05) is 6.61 Å². The van der Waals surface area contributed by atoms with E-state index in [0.717, 1.165) is 5.56 Å². The van der Waals surface area contributed by atoms with E-state index in [0.29, 0.717) is 5.56 Å². The van der Waals surface area contributed by atoms with Crippen LogP contribution in [0.1, 0.15) is 43.1 Å². The first-order chi connectivity index (χ1) is 10.4. The van der Waals surface area contributed by atoms with Gasteiger partial charge in [-0.05, 0) is 44.5 Å². The van der Waals surface area contributed by atoms with Crippen LogP contribution in [-0.2, 0) is 19.1 Å². The minimum absolute atomic E-state index is 0.174. The normalized spacial score (nSPS) is 10.7.